The van der Waals surface area contributed by atoms with Gasteiger partial charge in [0, 0.05) is 6.10 Å². The fraction of sp³-hybridized carbons (Fsp3) is 0.222. The van der Waals surface area contributed by atoms with Crippen LogP contribution in [0.5, 0.6) is 0 Å². The van der Waals surface area contributed by atoms with E-state index < -0.39 is 18.8 Å². The van der Waals surface area contributed by atoms with E-state index in [9.17, 15) is 14.8 Å². The predicted molar refractivity (Wildman–Crippen MR) is 52.3 cm³/mol. The van der Waals surface area contributed by atoms with Crippen molar-refractivity contribution in [3.8, 4) is 0 Å². The molecule has 0 saturated heterocycles. The van der Waals surface area contributed by atoms with Crippen LogP contribution in [0.3, 0.4) is 0 Å². The molecule has 0 saturated carbocycles. The molecule has 0 spiro atoms. The van der Waals surface area contributed by atoms with Crippen LogP contribution in [-0.4, -0.2) is 27.9 Å². The SMILES string of the molecule is O=C(O)C[C@H]1O[B-](O)(O)c2ccccc21. The van der Waals surface area contributed by atoms with Crippen LogP contribution in [0.1, 0.15) is 18.1 Å². The number of carboxylic acid groups (broad SMARTS) is 1. The molecule has 1 aromatic rings. The molecule has 1 atom stereocenters. The van der Waals surface area contributed by atoms with Crippen molar-refractivity contribution in [1.29, 1.82) is 0 Å². The minimum absolute atomic E-state index is 0.267. The van der Waals surface area contributed by atoms with Crippen molar-refractivity contribution in [2.24, 2.45) is 0 Å². The van der Waals surface area contributed by atoms with Crippen LogP contribution in [0.2, 0.25) is 0 Å². The van der Waals surface area contributed by atoms with Crippen LogP contribution in [-0.2, 0) is 9.45 Å². The van der Waals surface area contributed by atoms with Gasteiger partial charge in [0.2, 0.25) is 0 Å². The van der Waals surface area contributed by atoms with Crippen molar-refractivity contribution >= 4 is 18.2 Å². The lowest BCUT2D eigenvalue weighted by Gasteiger charge is -2.24. The molecule has 0 amide bonds. The summed E-state index contributed by atoms with van der Waals surface area (Å²) in [7, 11) is 0. The molecule has 15 heavy (non-hydrogen) atoms. The highest BCUT2D eigenvalue weighted by atomic mass is 16.6. The molecule has 6 heteroatoms. The van der Waals surface area contributed by atoms with Gasteiger partial charge in [-0.05, 0) is 0 Å². The second-order valence-electron chi connectivity index (χ2n) is 3.55. The molecule has 0 radical (unpaired) electrons. The van der Waals surface area contributed by atoms with Gasteiger partial charge >= 0.3 is 12.7 Å². The first-order chi connectivity index (χ1) is 7.00. The summed E-state index contributed by atoms with van der Waals surface area (Å²) in [5.74, 6) is -1.04. The lowest BCUT2D eigenvalue weighted by Crippen LogP contribution is -2.47. The number of hydrogen-bond donors (Lipinski definition) is 3. The molecule has 0 fully saturated rings. The van der Waals surface area contributed by atoms with Crippen molar-refractivity contribution < 1.29 is 24.6 Å². The van der Waals surface area contributed by atoms with E-state index in [0.717, 1.165) is 0 Å². The van der Waals surface area contributed by atoms with Crippen LogP contribution in [0, 0.1) is 0 Å². The first kappa shape index (κ1) is 10.2. The molecule has 5 nitrogen and oxygen atoms in total. The molecule has 3 N–H and O–H groups in total. The molecule has 0 unspecified atom stereocenters. The highest BCUT2D eigenvalue weighted by Crippen LogP contribution is 2.29. The average molecular weight is 209 g/mol. The first-order valence-electron chi connectivity index (χ1n) is 4.58. The Hall–Kier alpha value is -1.37. The van der Waals surface area contributed by atoms with Gasteiger partial charge in [-0.2, -0.15) is 0 Å². The van der Waals surface area contributed by atoms with E-state index >= 15 is 0 Å². The molecule has 1 heterocycles. The monoisotopic (exact) mass is 209 g/mol. The number of rotatable bonds is 2. The fourth-order valence-corrected chi connectivity index (χ4v) is 1.84. The van der Waals surface area contributed by atoms with E-state index in [2.05, 4.69) is 0 Å². The zero-order chi connectivity index (χ0) is 11.1. The molecule has 1 aliphatic heterocycles. The van der Waals surface area contributed by atoms with Gasteiger partial charge in [0.05, 0.1) is 6.42 Å². The summed E-state index contributed by atoms with van der Waals surface area (Å²) >= 11 is 0. The van der Waals surface area contributed by atoms with Gasteiger partial charge in [-0.15, -0.1) is 5.46 Å². The van der Waals surface area contributed by atoms with Gasteiger partial charge in [0.15, 0.2) is 0 Å². The largest absolute Gasteiger partial charge is 0.556 e. The number of carbonyl (C=O) groups is 1. The zero-order valence-electron chi connectivity index (χ0n) is 7.83. The summed E-state index contributed by atoms with van der Waals surface area (Å²) < 4.78 is 4.92. The second-order valence-corrected chi connectivity index (χ2v) is 3.55. The molecule has 0 bridgehead atoms. The van der Waals surface area contributed by atoms with Crippen LogP contribution in [0.15, 0.2) is 24.3 Å². The van der Waals surface area contributed by atoms with Crippen LogP contribution in [0.4, 0.5) is 0 Å². The summed E-state index contributed by atoms with van der Waals surface area (Å²) in [5, 5.41) is 27.7. The van der Waals surface area contributed by atoms with E-state index in [4.69, 9.17) is 9.76 Å². The number of aliphatic carboxylic acids is 1. The number of fused-ring (bicyclic) bond motifs is 1. The van der Waals surface area contributed by atoms with E-state index in [1.54, 1.807) is 18.2 Å². The minimum atomic E-state index is -3.04. The Bertz CT molecular complexity index is 403. The molecule has 1 aliphatic rings. The number of hydrogen-bond acceptors (Lipinski definition) is 4. The quantitative estimate of drug-likeness (QED) is 0.564. The highest BCUT2D eigenvalue weighted by molar-refractivity contribution is 6.74. The van der Waals surface area contributed by atoms with Crippen LogP contribution in [0.25, 0.3) is 0 Å². The molecular formula is C9H10BO5-. The molecule has 2 rings (SSSR count). The Morgan fingerprint density at radius 2 is 2.07 bits per heavy atom. The summed E-state index contributed by atoms with van der Waals surface area (Å²) in [4.78, 5) is 10.5. The van der Waals surface area contributed by atoms with Gasteiger partial charge in [-0.1, -0.05) is 29.8 Å². The summed E-state index contributed by atoms with van der Waals surface area (Å²) in [6.07, 6.45) is -1.06. The average Bonchev–Trinajstić information content (AvgIpc) is 2.39. The Morgan fingerprint density at radius 3 is 2.73 bits per heavy atom. The molecule has 80 valence electrons. The maximum Gasteiger partial charge on any atom is 0.405 e. The van der Waals surface area contributed by atoms with Crippen molar-refractivity contribution in [3.63, 3.8) is 0 Å². The van der Waals surface area contributed by atoms with Gasteiger partial charge in [-0.25, -0.2) is 0 Å². The third-order valence-corrected chi connectivity index (χ3v) is 2.46. The Kier molecular flexibility index (Phi) is 2.26. The minimum Gasteiger partial charge on any atom is -0.556 e. The van der Waals surface area contributed by atoms with Crippen LogP contribution >= 0.6 is 0 Å². The van der Waals surface area contributed by atoms with Crippen LogP contribution < -0.4 is 5.46 Å². The molecule has 0 aromatic heterocycles. The van der Waals surface area contributed by atoms with E-state index in [-0.39, 0.29) is 11.9 Å². The second kappa shape index (κ2) is 3.34. The molecule has 1 aromatic carbocycles. The Labute approximate surface area is 85.9 Å². The smallest absolute Gasteiger partial charge is 0.405 e. The van der Waals surface area contributed by atoms with E-state index in [1.807, 2.05) is 0 Å². The maximum absolute atomic E-state index is 10.5. The third kappa shape index (κ3) is 1.74. The first-order valence-corrected chi connectivity index (χ1v) is 4.58. The van der Waals surface area contributed by atoms with Gasteiger partial charge < -0.3 is 19.8 Å². The standard InChI is InChI=1S/C9H10BO5/c11-9(12)5-8-6-3-1-2-4-7(6)10(13,14)15-8/h1-4,8,13-14H,5H2,(H,11,12)/q-1/t8-/m1/s1. The summed E-state index contributed by atoms with van der Waals surface area (Å²) in [6.45, 7) is -3.04. The highest BCUT2D eigenvalue weighted by Gasteiger charge is 2.37. The third-order valence-electron chi connectivity index (χ3n) is 2.46. The lowest BCUT2D eigenvalue weighted by atomic mass is 9.71. The van der Waals surface area contributed by atoms with Crippen molar-refractivity contribution in [2.75, 3.05) is 0 Å². The fourth-order valence-electron chi connectivity index (χ4n) is 1.84. The van der Waals surface area contributed by atoms with Crippen molar-refractivity contribution in [1.82, 2.24) is 0 Å². The molecular weight excluding hydrogens is 199 g/mol. The topological polar surface area (TPSA) is 87.0 Å². The zero-order valence-corrected chi connectivity index (χ0v) is 7.83. The normalized spacial score (nSPS) is 22.4. The van der Waals surface area contributed by atoms with Crippen molar-refractivity contribution in [2.45, 2.75) is 12.5 Å². The van der Waals surface area contributed by atoms with Gasteiger partial charge in [0.25, 0.3) is 0 Å². The molecule has 0 aliphatic carbocycles. The van der Waals surface area contributed by atoms with Gasteiger partial charge in [0.1, 0.15) is 0 Å². The van der Waals surface area contributed by atoms with Gasteiger partial charge in [-0.3, -0.25) is 4.79 Å². The maximum atomic E-state index is 10.5. The Morgan fingerprint density at radius 1 is 1.40 bits per heavy atom. The van der Waals surface area contributed by atoms with E-state index in [0.29, 0.717) is 5.56 Å². The summed E-state index contributed by atoms with van der Waals surface area (Å²) in [6, 6.07) is 6.51. The van der Waals surface area contributed by atoms with E-state index in [1.165, 1.54) is 6.07 Å². The number of carboxylic acids is 1. The summed E-state index contributed by atoms with van der Waals surface area (Å²) in [5.41, 5.74) is 0.800. The predicted octanol–water partition coefficient (Wildman–Crippen LogP) is -0.637. The Balaban J connectivity index is 2.38. The lowest BCUT2D eigenvalue weighted by molar-refractivity contribution is -0.139. The van der Waals surface area contributed by atoms with Crippen molar-refractivity contribution in [3.05, 3.63) is 29.8 Å². The number of benzene rings is 1.